The SMILES string of the molecule is CCOC(=O)N1CCc2c(sc(NC(=O)c3ccc(S(=O)(=O)N4CCc5ccccc5C4)cc3)c2C(=O)OC)C1. The van der Waals surface area contributed by atoms with E-state index in [1.807, 2.05) is 24.3 Å². The number of benzene rings is 2. The number of anilines is 1. The van der Waals surface area contributed by atoms with Crippen LogP contribution in [-0.4, -0.2) is 62.4 Å². The fourth-order valence-electron chi connectivity index (χ4n) is 4.96. The number of nitrogens with one attached hydrogen (secondary N) is 1. The third kappa shape index (κ3) is 5.34. The van der Waals surface area contributed by atoms with E-state index in [0.29, 0.717) is 37.5 Å². The Morgan fingerprint density at radius 2 is 1.70 bits per heavy atom. The van der Waals surface area contributed by atoms with E-state index >= 15 is 0 Å². The van der Waals surface area contributed by atoms with Crippen LogP contribution in [0.15, 0.2) is 53.4 Å². The van der Waals surface area contributed by atoms with E-state index in [2.05, 4.69) is 5.32 Å². The standard InChI is InChI=1S/C28H29N3O7S2/c1-3-38-28(34)30-14-13-22-23(17-30)39-26(24(22)27(33)37-2)29-25(32)19-8-10-21(11-9-19)40(35,36)31-15-12-18-6-4-5-7-20(18)16-31/h4-11H,3,12-17H2,1-2H3,(H,29,32). The number of nitrogens with zero attached hydrogens (tertiary/aromatic N) is 2. The lowest BCUT2D eigenvalue weighted by molar-refractivity contribution is 0.0600. The Bertz CT molecular complexity index is 1560. The van der Waals surface area contributed by atoms with Crippen molar-refractivity contribution >= 4 is 44.3 Å². The second kappa shape index (κ2) is 11.4. The zero-order chi connectivity index (χ0) is 28.4. The number of hydrogen-bond acceptors (Lipinski definition) is 8. The molecule has 2 aliphatic heterocycles. The predicted molar refractivity (Wildman–Crippen MR) is 149 cm³/mol. The normalized spacial score (nSPS) is 15.1. The molecule has 0 aliphatic carbocycles. The van der Waals surface area contributed by atoms with Crippen molar-refractivity contribution in [3.05, 3.63) is 81.2 Å². The Kier molecular flexibility index (Phi) is 7.92. The summed E-state index contributed by atoms with van der Waals surface area (Å²) in [7, 11) is -2.48. The van der Waals surface area contributed by atoms with E-state index in [9.17, 15) is 22.8 Å². The quantitative estimate of drug-likeness (QED) is 0.435. The summed E-state index contributed by atoms with van der Waals surface area (Å²) in [5, 5.41) is 3.10. The van der Waals surface area contributed by atoms with Crippen molar-refractivity contribution in [2.45, 2.75) is 37.8 Å². The predicted octanol–water partition coefficient (Wildman–Crippen LogP) is 4.05. The average Bonchev–Trinajstić information content (AvgIpc) is 3.33. The Morgan fingerprint density at radius 1 is 0.975 bits per heavy atom. The van der Waals surface area contributed by atoms with E-state index < -0.39 is 28.0 Å². The van der Waals surface area contributed by atoms with E-state index in [4.69, 9.17) is 9.47 Å². The summed E-state index contributed by atoms with van der Waals surface area (Å²) >= 11 is 1.20. The molecule has 3 aromatic rings. The van der Waals surface area contributed by atoms with Crippen molar-refractivity contribution in [2.24, 2.45) is 0 Å². The molecular formula is C28H29N3O7S2. The molecule has 0 unspecified atom stereocenters. The molecule has 0 bridgehead atoms. The van der Waals surface area contributed by atoms with Crippen LogP contribution in [0.2, 0.25) is 0 Å². The number of esters is 1. The van der Waals surface area contributed by atoms with Gasteiger partial charge in [-0.25, -0.2) is 18.0 Å². The van der Waals surface area contributed by atoms with Crippen LogP contribution >= 0.6 is 11.3 Å². The molecule has 0 fully saturated rings. The molecule has 0 radical (unpaired) electrons. The van der Waals surface area contributed by atoms with Crippen LogP contribution in [0.5, 0.6) is 0 Å². The van der Waals surface area contributed by atoms with Crippen molar-refractivity contribution in [1.82, 2.24) is 9.21 Å². The molecule has 2 aromatic carbocycles. The van der Waals surface area contributed by atoms with Crippen LogP contribution in [0.3, 0.4) is 0 Å². The number of sulfonamides is 1. The molecular weight excluding hydrogens is 554 g/mol. The summed E-state index contributed by atoms with van der Waals surface area (Å²) in [5.41, 5.74) is 3.37. The first-order valence-corrected chi connectivity index (χ1v) is 15.1. The fourth-order valence-corrected chi connectivity index (χ4v) is 7.62. The van der Waals surface area contributed by atoms with Gasteiger partial charge < -0.3 is 19.7 Å². The summed E-state index contributed by atoms with van der Waals surface area (Å²) in [6.07, 6.45) is 0.620. The van der Waals surface area contributed by atoms with Gasteiger partial charge in [-0.2, -0.15) is 4.31 Å². The van der Waals surface area contributed by atoms with Gasteiger partial charge in [0.15, 0.2) is 0 Å². The minimum absolute atomic E-state index is 0.101. The molecule has 0 spiro atoms. The largest absolute Gasteiger partial charge is 0.465 e. The number of rotatable bonds is 6. The van der Waals surface area contributed by atoms with Gasteiger partial charge >= 0.3 is 12.1 Å². The van der Waals surface area contributed by atoms with Gasteiger partial charge in [-0.05, 0) is 60.7 Å². The second-order valence-corrected chi connectivity index (χ2v) is 12.4. The third-order valence-corrected chi connectivity index (χ3v) is 10.0. The Balaban J connectivity index is 1.33. The summed E-state index contributed by atoms with van der Waals surface area (Å²) in [6.45, 7) is 3.30. The highest BCUT2D eigenvalue weighted by Crippen LogP contribution is 2.38. The van der Waals surface area contributed by atoms with Crippen LogP contribution in [0.1, 0.15) is 49.2 Å². The van der Waals surface area contributed by atoms with Gasteiger partial charge in [0.05, 0.1) is 30.7 Å². The molecule has 0 saturated carbocycles. The van der Waals surface area contributed by atoms with Gasteiger partial charge in [-0.1, -0.05) is 24.3 Å². The summed E-state index contributed by atoms with van der Waals surface area (Å²) in [5.74, 6) is -1.08. The molecule has 2 aliphatic rings. The van der Waals surface area contributed by atoms with Crippen LogP contribution in [0.4, 0.5) is 9.80 Å². The number of thiophene rings is 1. The summed E-state index contributed by atoms with van der Waals surface area (Å²) in [4.78, 5) is 40.4. The first-order valence-electron chi connectivity index (χ1n) is 12.9. The van der Waals surface area contributed by atoms with Crippen molar-refractivity contribution in [3.8, 4) is 0 Å². The van der Waals surface area contributed by atoms with Crippen molar-refractivity contribution in [3.63, 3.8) is 0 Å². The lowest BCUT2D eigenvalue weighted by atomic mass is 10.0. The van der Waals surface area contributed by atoms with Gasteiger partial charge in [-0.3, -0.25) is 4.79 Å². The number of carbonyl (C=O) groups excluding carboxylic acids is 3. The molecule has 5 rings (SSSR count). The smallest absolute Gasteiger partial charge is 0.410 e. The molecule has 3 heterocycles. The molecule has 210 valence electrons. The highest BCUT2D eigenvalue weighted by molar-refractivity contribution is 7.89. The van der Waals surface area contributed by atoms with Crippen LogP contribution in [0.25, 0.3) is 0 Å². The second-order valence-electron chi connectivity index (χ2n) is 9.41. The van der Waals surface area contributed by atoms with E-state index in [0.717, 1.165) is 21.6 Å². The molecule has 0 saturated heterocycles. The topological polar surface area (TPSA) is 122 Å². The maximum absolute atomic E-state index is 13.3. The zero-order valence-corrected chi connectivity index (χ0v) is 23.8. The highest BCUT2D eigenvalue weighted by Gasteiger charge is 2.32. The lowest BCUT2D eigenvalue weighted by Gasteiger charge is -2.28. The first kappa shape index (κ1) is 27.8. The molecule has 1 aromatic heterocycles. The fraction of sp³-hybridized carbons (Fsp3) is 0.321. The van der Waals surface area contributed by atoms with Gasteiger partial charge in [0.1, 0.15) is 5.00 Å². The van der Waals surface area contributed by atoms with Crippen molar-refractivity contribution < 1.29 is 32.3 Å². The van der Waals surface area contributed by atoms with Crippen LogP contribution in [-0.2, 0) is 45.4 Å². The van der Waals surface area contributed by atoms with Gasteiger partial charge in [-0.15, -0.1) is 11.3 Å². The number of fused-ring (bicyclic) bond motifs is 2. The van der Waals surface area contributed by atoms with Gasteiger partial charge in [0.25, 0.3) is 5.91 Å². The van der Waals surface area contributed by atoms with Crippen molar-refractivity contribution in [1.29, 1.82) is 0 Å². The monoisotopic (exact) mass is 583 g/mol. The summed E-state index contributed by atoms with van der Waals surface area (Å²) < 4.78 is 38.1. The number of amides is 2. The average molecular weight is 584 g/mol. The minimum atomic E-state index is -3.75. The molecule has 12 heteroatoms. The molecule has 10 nitrogen and oxygen atoms in total. The molecule has 2 amide bonds. The molecule has 1 N–H and O–H groups in total. The van der Waals surface area contributed by atoms with Gasteiger partial charge in [0.2, 0.25) is 10.0 Å². The Labute approximate surface area is 236 Å². The van der Waals surface area contributed by atoms with Crippen LogP contribution in [0, 0.1) is 0 Å². The first-order chi connectivity index (χ1) is 19.2. The Morgan fingerprint density at radius 3 is 2.40 bits per heavy atom. The maximum Gasteiger partial charge on any atom is 0.410 e. The lowest BCUT2D eigenvalue weighted by Crippen LogP contribution is -2.36. The van der Waals surface area contributed by atoms with Crippen molar-refractivity contribution in [2.75, 3.05) is 32.1 Å². The third-order valence-electron chi connectivity index (χ3n) is 7.05. The maximum atomic E-state index is 13.3. The Hall–Kier alpha value is -3.74. The highest BCUT2D eigenvalue weighted by atomic mass is 32.2. The van der Waals surface area contributed by atoms with E-state index in [1.165, 1.54) is 47.0 Å². The van der Waals surface area contributed by atoms with Gasteiger partial charge in [0, 0.05) is 30.1 Å². The number of hydrogen-bond donors (Lipinski definition) is 1. The summed E-state index contributed by atoms with van der Waals surface area (Å²) in [6, 6.07) is 13.5. The molecule has 40 heavy (non-hydrogen) atoms. The number of methoxy groups -OCH3 is 1. The number of carbonyl (C=O) groups is 3. The number of ether oxygens (including phenoxy) is 2. The minimum Gasteiger partial charge on any atom is -0.465 e. The van der Waals surface area contributed by atoms with Crippen LogP contribution < -0.4 is 5.32 Å². The van der Waals surface area contributed by atoms with E-state index in [1.54, 1.807) is 11.8 Å². The molecule has 0 atom stereocenters. The van der Waals surface area contributed by atoms with E-state index in [-0.39, 0.29) is 29.2 Å². The zero-order valence-electron chi connectivity index (χ0n) is 22.1.